The molecular formula is C22H38N4O4. The summed E-state index contributed by atoms with van der Waals surface area (Å²) in [6.45, 7) is 7.44. The summed E-state index contributed by atoms with van der Waals surface area (Å²) in [6, 6.07) is 0.647. The van der Waals surface area contributed by atoms with Gasteiger partial charge < -0.3 is 19.4 Å². The van der Waals surface area contributed by atoms with Crippen LogP contribution in [-0.4, -0.2) is 109 Å². The van der Waals surface area contributed by atoms with Crippen molar-refractivity contribution in [3.05, 3.63) is 0 Å². The fourth-order valence-electron chi connectivity index (χ4n) is 4.68. The highest BCUT2D eigenvalue weighted by Gasteiger charge is 2.28. The van der Waals surface area contributed by atoms with E-state index in [9.17, 15) is 14.4 Å². The van der Waals surface area contributed by atoms with E-state index in [2.05, 4.69) is 16.8 Å². The van der Waals surface area contributed by atoms with Crippen molar-refractivity contribution in [3.8, 4) is 0 Å². The van der Waals surface area contributed by atoms with E-state index in [0.29, 0.717) is 32.0 Å². The molecule has 0 unspecified atom stereocenters. The Balaban J connectivity index is 1.24. The maximum absolute atomic E-state index is 12.4. The first-order valence-corrected chi connectivity index (χ1v) is 11.7. The average molecular weight is 423 g/mol. The van der Waals surface area contributed by atoms with Crippen molar-refractivity contribution in [1.29, 1.82) is 0 Å². The first-order chi connectivity index (χ1) is 14.5. The van der Waals surface area contributed by atoms with Crippen LogP contribution in [0.2, 0.25) is 0 Å². The Morgan fingerprint density at radius 2 is 1.70 bits per heavy atom. The van der Waals surface area contributed by atoms with E-state index in [4.69, 9.17) is 4.74 Å². The molecule has 0 N–H and O–H groups in total. The predicted molar refractivity (Wildman–Crippen MR) is 114 cm³/mol. The Labute approximate surface area is 180 Å². The van der Waals surface area contributed by atoms with Crippen LogP contribution in [0.1, 0.15) is 51.4 Å². The lowest BCUT2D eigenvalue weighted by molar-refractivity contribution is -0.146. The van der Waals surface area contributed by atoms with Gasteiger partial charge in [0.15, 0.2) is 0 Å². The molecule has 2 amide bonds. The Hall–Kier alpha value is -1.67. The second-order valence-electron chi connectivity index (χ2n) is 8.86. The molecule has 0 radical (unpaired) electrons. The van der Waals surface area contributed by atoms with Gasteiger partial charge in [0, 0.05) is 58.2 Å². The van der Waals surface area contributed by atoms with Crippen LogP contribution in [-0.2, 0) is 19.1 Å². The van der Waals surface area contributed by atoms with Gasteiger partial charge in [0.2, 0.25) is 11.8 Å². The van der Waals surface area contributed by atoms with Gasteiger partial charge in [-0.15, -0.1) is 0 Å². The van der Waals surface area contributed by atoms with Crippen molar-refractivity contribution in [2.75, 3.05) is 66.0 Å². The zero-order chi connectivity index (χ0) is 21.3. The number of rotatable bonds is 8. The number of carbonyl (C=O) groups excluding carboxylic acids is 3. The molecule has 3 aliphatic heterocycles. The van der Waals surface area contributed by atoms with Crippen molar-refractivity contribution >= 4 is 17.8 Å². The Morgan fingerprint density at radius 1 is 0.967 bits per heavy atom. The van der Waals surface area contributed by atoms with E-state index in [1.165, 1.54) is 12.8 Å². The van der Waals surface area contributed by atoms with E-state index >= 15 is 0 Å². The van der Waals surface area contributed by atoms with Crippen molar-refractivity contribution in [2.24, 2.45) is 0 Å². The lowest BCUT2D eigenvalue weighted by Crippen LogP contribution is -2.54. The van der Waals surface area contributed by atoms with Gasteiger partial charge in [-0.25, -0.2) is 0 Å². The molecule has 3 saturated heterocycles. The summed E-state index contributed by atoms with van der Waals surface area (Å²) >= 11 is 0. The number of esters is 1. The number of likely N-dealkylation sites (tertiary alicyclic amines) is 2. The van der Waals surface area contributed by atoms with Gasteiger partial charge in [-0.1, -0.05) is 0 Å². The summed E-state index contributed by atoms with van der Waals surface area (Å²) in [5.74, 6) is -0.0683. The maximum Gasteiger partial charge on any atom is 0.306 e. The molecule has 0 spiro atoms. The van der Waals surface area contributed by atoms with Crippen molar-refractivity contribution in [3.63, 3.8) is 0 Å². The molecule has 0 saturated carbocycles. The van der Waals surface area contributed by atoms with E-state index in [-0.39, 0.29) is 30.6 Å². The summed E-state index contributed by atoms with van der Waals surface area (Å²) in [7, 11) is 2.17. The number of carbonyl (C=O) groups is 3. The van der Waals surface area contributed by atoms with E-state index in [0.717, 1.165) is 58.7 Å². The monoisotopic (exact) mass is 422 g/mol. The third-order valence-electron chi connectivity index (χ3n) is 6.67. The van der Waals surface area contributed by atoms with Crippen LogP contribution in [0.15, 0.2) is 0 Å². The van der Waals surface area contributed by atoms with Gasteiger partial charge in [-0.3, -0.25) is 19.3 Å². The lowest BCUT2D eigenvalue weighted by atomic mass is 10.0. The minimum absolute atomic E-state index is 0.0499. The maximum atomic E-state index is 12.4. The zero-order valence-electron chi connectivity index (χ0n) is 18.5. The first-order valence-electron chi connectivity index (χ1n) is 11.7. The third kappa shape index (κ3) is 6.94. The molecule has 0 aromatic rings. The van der Waals surface area contributed by atoms with Crippen LogP contribution >= 0.6 is 0 Å². The highest BCUT2D eigenvalue weighted by atomic mass is 16.5. The SMILES string of the molecule is CN1CCC(N2CCN(C(=O)CCC(=O)OCCCN3CCCCC3=O)CC2)CC1. The minimum Gasteiger partial charge on any atom is -0.466 e. The molecule has 3 rings (SSSR count). The van der Waals surface area contributed by atoms with Crippen molar-refractivity contribution in [1.82, 2.24) is 19.6 Å². The number of amides is 2. The zero-order valence-corrected chi connectivity index (χ0v) is 18.5. The molecule has 3 aliphatic rings. The van der Waals surface area contributed by atoms with Gasteiger partial charge in [-0.05, 0) is 52.2 Å². The van der Waals surface area contributed by atoms with Crippen molar-refractivity contribution < 1.29 is 19.1 Å². The van der Waals surface area contributed by atoms with Gasteiger partial charge in [0.05, 0.1) is 13.0 Å². The Morgan fingerprint density at radius 3 is 2.40 bits per heavy atom. The first kappa shape index (κ1) is 23.0. The normalized spacial score (nSPS) is 22.4. The van der Waals surface area contributed by atoms with Gasteiger partial charge in [0.1, 0.15) is 0 Å². The fraction of sp³-hybridized carbons (Fsp3) is 0.864. The largest absolute Gasteiger partial charge is 0.466 e. The molecule has 8 heteroatoms. The van der Waals surface area contributed by atoms with Crippen LogP contribution in [0.25, 0.3) is 0 Å². The molecular weight excluding hydrogens is 384 g/mol. The molecule has 0 bridgehead atoms. The van der Waals surface area contributed by atoms with Crippen LogP contribution in [0.4, 0.5) is 0 Å². The smallest absolute Gasteiger partial charge is 0.306 e. The number of hydrogen-bond acceptors (Lipinski definition) is 6. The molecule has 0 aromatic carbocycles. The molecule has 0 aliphatic carbocycles. The molecule has 0 aromatic heterocycles. The highest BCUT2D eigenvalue weighted by molar-refractivity contribution is 5.81. The predicted octanol–water partition coefficient (Wildman–Crippen LogP) is 0.951. The fourth-order valence-corrected chi connectivity index (χ4v) is 4.68. The number of piperazine rings is 1. The van der Waals surface area contributed by atoms with E-state index < -0.39 is 0 Å². The molecule has 0 atom stereocenters. The van der Waals surface area contributed by atoms with Gasteiger partial charge in [0.25, 0.3) is 0 Å². The molecule has 3 heterocycles. The number of nitrogens with zero attached hydrogens (tertiary/aromatic N) is 4. The Kier molecular flexibility index (Phi) is 8.93. The quantitative estimate of drug-likeness (QED) is 0.428. The van der Waals surface area contributed by atoms with Gasteiger partial charge >= 0.3 is 5.97 Å². The Bertz CT molecular complexity index is 584. The minimum atomic E-state index is -0.321. The second kappa shape index (κ2) is 11.6. The summed E-state index contributed by atoms with van der Waals surface area (Å²) in [6.07, 6.45) is 6.10. The van der Waals surface area contributed by atoms with Crippen molar-refractivity contribution in [2.45, 2.75) is 57.4 Å². The number of hydrogen-bond donors (Lipinski definition) is 0. The summed E-state index contributed by atoms with van der Waals surface area (Å²) in [5, 5.41) is 0. The second-order valence-corrected chi connectivity index (χ2v) is 8.86. The van der Waals surface area contributed by atoms with Gasteiger partial charge in [-0.2, -0.15) is 0 Å². The number of piperidine rings is 2. The van der Waals surface area contributed by atoms with Crippen LogP contribution in [0.5, 0.6) is 0 Å². The standard InChI is InChI=1S/C22H38N4O4/c1-23-12-8-19(9-13-23)24-14-16-26(17-15-24)21(28)6-7-22(29)30-18-4-11-25-10-3-2-5-20(25)27/h19H,2-18H2,1H3. The van der Waals surface area contributed by atoms with E-state index in [1.807, 2.05) is 9.80 Å². The molecule has 8 nitrogen and oxygen atoms in total. The van der Waals surface area contributed by atoms with Crippen LogP contribution < -0.4 is 0 Å². The molecule has 3 fully saturated rings. The van der Waals surface area contributed by atoms with Crippen LogP contribution in [0, 0.1) is 0 Å². The average Bonchev–Trinajstić information content (AvgIpc) is 2.77. The molecule has 30 heavy (non-hydrogen) atoms. The summed E-state index contributed by atoms with van der Waals surface area (Å²) in [5.41, 5.74) is 0. The summed E-state index contributed by atoms with van der Waals surface area (Å²) < 4.78 is 5.25. The molecule has 170 valence electrons. The number of ether oxygens (including phenoxy) is 1. The summed E-state index contributed by atoms with van der Waals surface area (Å²) in [4.78, 5) is 44.8. The lowest BCUT2D eigenvalue weighted by Gasteiger charge is -2.42. The van der Waals surface area contributed by atoms with E-state index in [1.54, 1.807) is 0 Å². The topological polar surface area (TPSA) is 73.4 Å². The van der Waals surface area contributed by atoms with Crippen LogP contribution in [0.3, 0.4) is 0 Å². The third-order valence-corrected chi connectivity index (χ3v) is 6.67. The highest BCUT2D eigenvalue weighted by Crippen LogP contribution is 2.18.